The Kier molecular flexibility index (Phi) is 5.11. The van der Waals surface area contributed by atoms with Gasteiger partial charge in [0.05, 0.1) is 0 Å². The minimum Gasteiger partial charge on any atom is -0.392 e. The minimum atomic E-state index is -0.134. The van der Waals surface area contributed by atoms with E-state index in [1.165, 1.54) is 17.3 Å². The van der Waals surface area contributed by atoms with Crippen molar-refractivity contribution in [1.82, 2.24) is 35.4 Å². The van der Waals surface area contributed by atoms with Crippen molar-refractivity contribution in [1.29, 1.82) is 0 Å². The lowest BCUT2D eigenvalue weighted by molar-refractivity contribution is 0.0825. The predicted molar refractivity (Wildman–Crippen MR) is 76.0 cm³/mol. The highest BCUT2D eigenvalue weighted by Gasteiger charge is 2.22. The van der Waals surface area contributed by atoms with Gasteiger partial charge in [-0.25, -0.2) is 4.98 Å². The first-order valence-electron chi connectivity index (χ1n) is 6.64. The summed E-state index contributed by atoms with van der Waals surface area (Å²) in [5, 5.41) is 25.8. The Morgan fingerprint density at radius 2 is 1.91 bits per heavy atom. The molecule has 0 aliphatic rings. The Morgan fingerprint density at radius 3 is 2.45 bits per heavy atom. The van der Waals surface area contributed by atoms with Crippen LogP contribution in [0, 0.1) is 0 Å². The fraction of sp³-hybridized carbons (Fsp3) is 0.545. The van der Waals surface area contributed by atoms with Crippen LogP contribution in [-0.4, -0.2) is 59.1 Å². The van der Waals surface area contributed by atoms with Crippen molar-refractivity contribution in [2.24, 2.45) is 10.3 Å². The molecule has 2 rings (SSSR count). The molecule has 0 bridgehead atoms. The van der Waals surface area contributed by atoms with Crippen molar-refractivity contribution >= 4 is 11.5 Å². The summed E-state index contributed by atoms with van der Waals surface area (Å²) in [5.41, 5.74) is 0.216. The van der Waals surface area contributed by atoms with Gasteiger partial charge < -0.3 is 9.68 Å². The third-order valence-corrected chi connectivity index (χ3v) is 2.11. The van der Waals surface area contributed by atoms with E-state index in [1.54, 1.807) is 0 Å². The molecule has 0 aliphatic carbocycles. The third kappa shape index (κ3) is 4.07. The summed E-state index contributed by atoms with van der Waals surface area (Å²) in [5.74, 6) is 0.426. The number of nitrogens with one attached hydrogen (secondary N) is 1. The van der Waals surface area contributed by atoms with Gasteiger partial charge in [0.15, 0.2) is 5.71 Å². The number of oxime groups is 2. The average Bonchev–Trinajstić information content (AvgIpc) is 3.14. The second kappa shape index (κ2) is 7.24. The molecule has 2 aromatic heterocycles. The first kappa shape index (κ1) is 15.5. The van der Waals surface area contributed by atoms with Crippen LogP contribution >= 0.6 is 0 Å². The summed E-state index contributed by atoms with van der Waals surface area (Å²) in [6.45, 7) is 7.37. The van der Waals surface area contributed by atoms with Gasteiger partial charge in [0.25, 0.3) is 0 Å². The Hall–Kier alpha value is -2.85. The second-order valence-corrected chi connectivity index (χ2v) is 4.74. The number of hydrogen-bond donors (Lipinski definition) is 1. The number of hydrogen-bond acceptors (Lipinski definition) is 9. The van der Waals surface area contributed by atoms with Gasteiger partial charge >= 0.3 is 0 Å². The standard InChI is InChI=1S/C11H17N9O2/c1-7(2)21-16-9(10-14-18-19-15-10)11(17-22-8(3)4)20-6-12-5-13-20/h5-8H,1-4H3,(H,14,15,18,19)/b16-9+,17-11-. The summed E-state index contributed by atoms with van der Waals surface area (Å²) in [7, 11) is 0. The first-order chi connectivity index (χ1) is 10.6. The van der Waals surface area contributed by atoms with Gasteiger partial charge in [-0.3, -0.25) is 0 Å². The minimum absolute atomic E-state index is 0.129. The quantitative estimate of drug-likeness (QED) is 0.458. The molecule has 0 amide bonds. The second-order valence-electron chi connectivity index (χ2n) is 4.74. The van der Waals surface area contributed by atoms with Crippen LogP contribution in [0.3, 0.4) is 0 Å². The van der Waals surface area contributed by atoms with Crippen LogP contribution in [0.2, 0.25) is 0 Å². The van der Waals surface area contributed by atoms with E-state index >= 15 is 0 Å². The third-order valence-electron chi connectivity index (χ3n) is 2.11. The molecule has 11 heteroatoms. The van der Waals surface area contributed by atoms with Crippen molar-refractivity contribution < 1.29 is 9.68 Å². The van der Waals surface area contributed by atoms with Gasteiger partial charge in [-0.05, 0) is 32.9 Å². The zero-order chi connectivity index (χ0) is 15.9. The van der Waals surface area contributed by atoms with Gasteiger partial charge in [0.2, 0.25) is 11.7 Å². The topological polar surface area (TPSA) is 128 Å². The number of nitrogens with zero attached hydrogens (tertiary/aromatic N) is 8. The molecule has 0 saturated carbocycles. The highest BCUT2D eigenvalue weighted by Crippen LogP contribution is 2.02. The Bertz CT molecular complexity index is 560. The van der Waals surface area contributed by atoms with E-state index in [2.05, 4.69) is 41.0 Å². The SMILES string of the molecule is CC(C)O/N=C(/C(=N/OC(C)C)c1nn[nH]n1)n1cncn1. The highest BCUT2D eigenvalue weighted by molar-refractivity contribution is 6.46. The van der Waals surface area contributed by atoms with Crippen molar-refractivity contribution in [2.75, 3.05) is 0 Å². The van der Waals surface area contributed by atoms with E-state index < -0.39 is 0 Å². The maximum Gasteiger partial charge on any atom is 0.230 e. The van der Waals surface area contributed by atoms with Crippen LogP contribution in [0.1, 0.15) is 33.5 Å². The van der Waals surface area contributed by atoms with Crippen molar-refractivity contribution in [3.63, 3.8) is 0 Å². The molecule has 11 nitrogen and oxygen atoms in total. The van der Waals surface area contributed by atoms with Gasteiger partial charge in [0.1, 0.15) is 24.9 Å². The summed E-state index contributed by atoms with van der Waals surface area (Å²) < 4.78 is 1.38. The summed E-state index contributed by atoms with van der Waals surface area (Å²) in [4.78, 5) is 14.5. The Balaban J connectivity index is 2.44. The lowest BCUT2D eigenvalue weighted by atomic mass is 10.3. The molecule has 0 aliphatic heterocycles. The molecule has 0 spiro atoms. The predicted octanol–water partition coefficient (Wildman–Crippen LogP) is 0.207. The molecule has 0 aromatic carbocycles. The molecular weight excluding hydrogens is 290 g/mol. The number of aromatic amines is 1. The number of H-pyrrole nitrogens is 1. The van der Waals surface area contributed by atoms with Gasteiger partial charge in [-0.1, -0.05) is 10.3 Å². The van der Waals surface area contributed by atoms with Crippen molar-refractivity contribution in [3.8, 4) is 0 Å². The van der Waals surface area contributed by atoms with Crippen LogP contribution in [0.5, 0.6) is 0 Å². The monoisotopic (exact) mass is 307 g/mol. The summed E-state index contributed by atoms with van der Waals surface area (Å²) in [6.07, 6.45) is 2.55. The fourth-order valence-electron chi connectivity index (χ4n) is 1.27. The zero-order valence-corrected chi connectivity index (χ0v) is 12.7. The lowest BCUT2D eigenvalue weighted by Crippen LogP contribution is -2.27. The molecule has 0 saturated heterocycles. The van der Waals surface area contributed by atoms with Crippen molar-refractivity contribution in [3.05, 3.63) is 18.5 Å². The zero-order valence-electron chi connectivity index (χ0n) is 12.7. The molecule has 22 heavy (non-hydrogen) atoms. The maximum atomic E-state index is 5.29. The smallest absolute Gasteiger partial charge is 0.230 e. The molecule has 2 heterocycles. The Labute approximate surface area is 126 Å². The highest BCUT2D eigenvalue weighted by atomic mass is 16.6. The van der Waals surface area contributed by atoms with E-state index in [-0.39, 0.29) is 29.6 Å². The summed E-state index contributed by atoms with van der Waals surface area (Å²) >= 11 is 0. The fourth-order valence-corrected chi connectivity index (χ4v) is 1.27. The van der Waals surface area contributed by atoms with Gasteiger partial charge in [-0.2, -0.15) is 15.0 Å². The normalized spacial score (nSPS) is 13.0. The van der Waals surface area contributed by atoms with E-state index in [0.29, 0.717) is 0 Å². The van der Waals surface area contributed by atoms with Gasteiger partial charge in [0, 0.05) is 0 Å². The van der Waals surface area contributed by atoms with E-state index in [0.717, 1.165) is 0 Å². The summed E-state index contributed by atoms with van der Waals surface area (Å²) in [6, 6.07) is 0. The molecular formula is C11H17N9O2. The van der Waals surface area contributed by atoms with Crippen LogP contribution < -0.4 is 0 Å². The average molecular weight is 307 g/mol. The molecule has 118 valence electrons. The Morgan fingerprint density at radius 1 is 1.18 bits per heavy atom. The maximum absolute atomic E-state index is 5.29. The van der Waals surface area contributed by atoms with Crippen LogP contribution in [0.25, 0.3) is 0 Å². The van der Waals surface area contributed by atoms with E-state index in [9.17, 15) is 0 Å². The molecule has 0 atom stereocenters. The van der Waals surface area contributed by atoms with Crippen LogP contribution in [0.4, 0.5) is 0 Å². The number of aromatic nitrogens is 7. The first-order valence-corrected chi connectivity index (χ1v) is 6.64. The largest absolute Gasteiger partial charge is 0.392 e. The lowest BCUT2D eigenvalue weighted by Gasteiger charge is -2.09. The van der Waals surface area contributed by atoms with Crippen LogP contribution in [0.15, 0.2) is 23.0 Å². The molecule has 0 fully saturated rings. The molecule has 1 N–H and O–H groups in total. The molecule has 0 radical (unpaired) electrons. The van der Waals surface area contributed by atoms with E-state index in [4.69, 9.17) is 9.68 Å². The molecule has 2 aromatic rings. The number of tetrazole rings is 1. The van der Waals surface area contributed by atoms with Gasteiger partial charge in [-0.15, -0.1) is 10.2 Å². The molecule has 0 unspecified atom stereocenters. The van der Waals surface area contributed by atoms with Crippen LogP contribution in [-0.2, 0) is 9.68 Å². The number of rotatable bonds is 6. The van der Waals surface area contributed by atoms with E-state index in [1.807, 2.05) is 27.7 Å². The van der Waals surface area contributed by atoms with Crippen molar-refractivity contribution in [2.45, 2.75) is 39.9 Å².